The predicted molar refractivity (Wildman–Crippen MR) is 62.0 cm³/mol. The van der Waals surface area contributed by atoms with Crippen LogP contribution < -0.4 is 0 Å². The first-order valence-corrected chi connectivity index (χ1v) is 6.40. The van der Waals surface area contributed by atoms with Crippen LogP contribution in [0.15, 0.2) is 0 Å². The van der Waals surface area contributed by atoms with Crippen LogP contribution >= 0.6 is 0 Å². The van der Waals surface area contributed by atoms with Gasteiger partial charge in [0, 0.05) is 0 Å². The second-order valence-corrected chi connectivity index (χ2v) is 4.89. The van der Waals surface area contributed by atoms with Gasteiger partial charge in [-0.2, -0.15) is 0 Å². The first-order valence-electron chi connectivity index (χ1n) is 6.40. The summed E-state index contributed by atoms with van der Waals surface area (Å²) in [6.07, 6.45) is -0.337. The van der Waals surface area contributed by atoms with Gasteiger partial charge in [0.25, 0.3) is 0 Å². The maximum Gasteiger partial charge on any atom is 0.192 e. The summed E-state index contributed by atoms with van der Waals surface area (Å²) >= 11 is 0. The lowest BCUT2D eigenvalue weighted by atomic mass is 10.3. The molecule has 106 valence electrons. The Morgan fingerprint density at radius 3 is 2.22 bits per heavy atom. The van der Waals surface area contributed by atoms with Crippen LogP contribution in [0.25, 0.3) is 0 Å². The number of epoxide rings is 1. The molecule has 0 spiro atoms. The molecule has 18 heavy (non-hydrogen) atoms. The minimum absolute atomic E-state index is 0.0181. The van der Waals surface area contributed by atoms with Crippen LogP contribution in [0.1, 0.15) is 20.8 Å². The van der Waals surface area contributed by atoms with Crippen molar-refractivity contribution in [2.75, 3.05) is 19.8 Å². The number of aliphatic hydroxyl groups is 1. The van der Waals surface area contributed by atoms with Crippen molar-refractivity contribution in [2.24, 2.45) is 0 Å². The molecule has 6 atom stereocenters. The third-order valence-corrected chi connectivity index (χ3v) is 2.87. The van der Waals surface area contributed by atoms with E-state index in [1.807, 2.05) is 20.8 Å². The number of hydrogen-bond acceptors (Lipinski definition) is 6. The van der Waals surface area contributed by atoms with Gasteiger partial charge >= 0.3 is 0 Å². The van der Waals surface area contributed by atoms with Crippen LogP contribution in [0.5, 0.6) is 0 Å². The van der Waals surface area contributed by atoms with E-state index < -0.39 is 0 Å². The van der Waals surface area contributed by atoms with Gasteiger partial charge in [-0.3, -0.25) is 0 Å². The highest BCUT2D eigenvalue weighted by molar-refractivity contribution is 4.90. The Labute approximate surface area is 107 Å². The summed E-state index contributed by atoms with van der Waals surface area (Å²) < 4.78 is 26.9. The topological polar surface area (TPSA) is 69.7 Å². The zero-order valence-corrected chi connectivity index (χ0v) is 11.1. The normalized spacial score (nSPS) is 34.3. The van der Waals surface area contributed by atoms with Crippen LogP contribution in [0.4, 0.5) is 0 Å². The van der Waals surface area contributed by atoms with E-state index in [1.54, 1.807) is 0 Å². The van der Waals surface area contributed by atoms with Crippen molar-refractivity contribution < 1.29 is 28.8 Å². The molecule has 2 heterocycles. The minimum atomic E-state index is -0.227. The summed E-state index contributed by atoms with van der Waals surface area (Å²) in [5.74, 6) is 0. The van der Waals surface area contributed by atoms with Gasteiger partial charge in [0.1, 0.15) is 0 Å². The number of aliphatic hydroxyl groups excluding tert-OH is 1. The summed E-state index contributed by atoms with van der Waals surface area (Å²) in [6, 6.07) is 0. The molecule has 6 nitrogen and oxygen atoms in total. The fourth-order valence-corrected chi connectivity index (χ4v) is 1.61. The average Bonchev–Trinajstić information content (AvgIpc) is 3.01. The molecule has 2 rings (SSSR count). The van der Waals surface area contributed by atoms with E-state index in [0.717, 1.165) is 0 Å². The highest BCUT2D eigenvalue weighted by atomic mass is 16.9. The molecule has 1 N–H and O–H groups in total. The minimum Gasteiger partial charge on any atom is -0.394 e. The summed E-state index contributed by atoms with van der Waals surface area (Å²) in [5, 5.41) is 8.82. The molecule has 0 aromatic carbocycles. The molecule has 2 aliphatic rings. The molecular weight excluding hydrogens is 240 g/mol. The Kier molecular flexibility index (Phi) is 4.94. The summed E-state index contributed by atoms with van der Waals surface area (Å²) in [5.41, 5.74) is 0. The zero-order valence-electron chi connectivity index (χ0n) is 11.1. The van der Waals surface area contributed by atoms with Gasteiger partial charge in [-0.05, 0) is 20.8 Å². The fraction of sp³-hybridized carbons (Fsp3) is 1.00. The Morgan fingerprint density at radius 2 is 1.67 bits per heavy atom. The molecular formula is C12H22O6. The van der Waals surface area contributed by atoms with E-state index in [2.05, 4.69) is 0 Å². The fourth-order valence-electron chi connectivity index (χ4n) is 1.61. The molecule has 0 aromatic heterocycles. The molecule has 0 saturated carbocycles. The standard InChI is InChI=1S/C12H22O6/c1-7(4-13)14-5-8(2)15-6-9(3)16-11-10-12(17-10)18-11/h7-13H,4-6H2,1-3H3. The number of ether oxygens (including phenoxy) is 5. The van der Waals surface area contributed by atoms with E-state index in [4.69, 9.17) is 28.8 Å². The van der Waals surface area contributed by atoms with Crippen molar-refractivity contribution in [2.45, 2.75) is 57.8 Å². The Balaban J connectivity index is 1.50. The smallest absolute Gasteiger partial charge is 0.192 e. The zero-order chi connectivity index (χ0) is 13.1. The molecule has 0 aliphatic carbocycles. The lowest BCUT2D eigenvalue weighted by Gasteiger charge is -2.26. The molecule has 2 saturated heterocycles. The largest absolute Gasteiger partial charge is 0.394 e. The van der Waals surface area contributed by atoms with Crippen molar-refractivity contribution >= 4 is 0 Å². The van der Waals surface area contributed by atoms with Gasteiger partial charge in [-0.1, -0.05) is 0 Å². The summed E-state index contributed by atoms with van der Waals surface area (Å²) in [4.78, 5) is 0. The Bertz CT molecular complexity index is 261. The van der Waals surface area contributed by atoms with Crippen molar-refractivity contribution in [1.82, 2.24) is 0 Å². The lowest BCUT2D eigenvalue weighted by molar-refractivity contribution is -0.230. The molecule has 6 heteroatoms. The second kappa shape index (κ2) is 6.27. The Hall–Kier alpha value is -0.240. The third-order valence-electron chi connectivity index (χ3n) is 2.87. The van der Waals surface area contributed by atoms with E-state index >= 15 is 0 Å². The first kappa shape index (κ1) is 14.2. The average molecular weight is 262 g/mol. The van der Waals surface area contributed by atoms with Crippen LogP contribution in [0.3, 0.4) is 0 Å². The maximum atomic E-state index is 8.82. The highest BCUT2D eigenvalue weighted by Gasteiger charge is 2.59. The van der Waals surface area contributed by atoms with Gasteiger partial charge in [-0.25, -0.2) is 0 Å². The van der Waals surface area contributed by atoms with Gasteiger partial charge in [0.05, 0.1) is 38.1 Å². The quantitative estimate of drug-likeness (QED) is 0.602. The molecule has 2 fully saturated rings. The lowest BCUT2D eigenvalue weighted by Crippen LogP contribution is -2.39. The third kappa shape index (κ3) is 3.88. The van der Waals surface area contributed by atoms with Gasteiger partial charge in [-0.15, -0.1) is 0 Å². The van der Waals surface area contributed by atoms with E-state index in [-0.39, 0.29) is 43.6 Å². The molecule has 0 bridgehead atoms. The predicted octanol–water partition coefficient (Wildman–Crippen LogP) is 0.275. The SMILES string of the molecule is CC(CO)OCC(C)OCC(C)OC1OC2OC12. The van der Waals surface area contributed by atoms with E-state index in [0.29, 0.717) is 13.2 Å². The number of rotatable bonds is 9. The van der Waals surface area contributed by atoms with Gasteiger partial charge in [0.15, 0.2) is 18.7 Å². The van der Waals surface area contributed by atoms with Crippen LogP contribution in [0, 0.1) is 0 Å². The van der Waals surface area contributed by atoms with Crippen molar-refractivity contribution in [3.05, 3.63) is 0 Å². The van der Waals surface area contributed by atoms with Crippen LogP contribution in [-0.2, 0) is 23.7 Å². The molecule has 0 aromatic rings. The molecule has 2 aliphatic heterocycles. The molecule has 6 unspecified atom stereocenters. The Morgan fingerprint density at radius 1 is 1.00 bits per heavy atom. The second-order valence-electron chi connectivity index (χ2n) is 4.89. The van der Waals surface area contributed by atoms with Crippen LogP contribution in [0.2, 0.25) is 0 Å². The molecule has 0 amide bonds. The van der Waals surface area contributed by atoms with Crippen molar-refractivity contribution in [1.29, 1.82) is 0 Å². The van der Waals surface area contributed by atoms with Crippen molar-refractivity contribution in [3.8, 4) is 0 Å². The first-order chi connectivity index (χ1) is 8.60. The number of fused-ring (bicyclic) bond motifs is 1. The maximum absolute atomic E-state index is 8.82. The number of hydrogen-bond donors (Lipinski definition) is 1. The van der Waals surface area contributed by atoms with Gasteiger partial charge in [0.2, 0.25) is 0 Å². The summed E-state index contributed by atoms with van der Waals surface area (Å²) in [6.45, 7) is 6.64. The van der Waals surface area contributed by atoms with Crippen molar-refractivity contribution in [3.63, 3.8) is 0 Å². The monoisotopic (exact) mass is 262 g/mol. The van der Waals surface area contributed by atoms with Gasteiger partial charge < -0.3 is 28.8 Å². The van der Waals surface area contributed by atoms with Crippen LogP contribution in [-0.4, -0.2) is 61.9 Å². The van der Waals surface area contributed by atoms with E-state index in [9.17, 15) is 0 Å². The highest BCUT2D eigenvalue weighted by Crippen LogP contribution is 2.40. The molecule has 0 radical (unpaired) electrons. The summed E-state index contributed by atoms with van der Waals surface area (Å²) in [7, 11) is 0. The van der Waals surface area contributed by atoms with E-state index in [1.165, 1.54) is 0 Å².